The maximum Gasteiger partial charge on any atom is 0.310 e. The smallest absolute Gasteiger partial charge is 0.310 e. The van der Waals surface area contributed by atoms with Gasteiger partial charge in [0.2, 0.25) is 21.8 Å². The van der Waals surface area contributed by atoms with E-state index < -0.39 is 27.2 Å². The quantitative estimate of drug-likeness (QED) is 0.651. The van der Waals surface area contributed by atoms with Gasteiger partial charge < -0.3 is 9.88 Å². The fraction of sp³-hybridized carbons (Fsp3) is 0.238. The number of anilines is 3. The van der Waals surface area contributed by atoms with Crippen LogP contribution in [0.4, 0.5) is 26.1 Å². The SMILES string of the molecule is Cc1ccc(N2CCCS2(=O)=O)cc1Nc1nc(=O)c(F)cn1Cc1ccc(F)cc1. The number of hydrogen-bond acceptors (Lipinski definition) is 5. The Labute approximate surface area is 178 Å². The molecule has 0 spiro atoms. The van der Waals surface area contributed by atoms with Gasteiger partial charge in [-0.2, -0.15) is 9.37 Å². The van der Waals surface area contributed by atoms with Gasteiger partial charge in [0, 0.05) is 18.4 Å². The van der Waals surface area contributed by atoms with E-state index >= 15 is 0 Å². The molecule has 0 aliphatic carbocycles. The Hall–Kier alpha value is -3.27. The molecular formula is C21H20F2N4O3S. The van der Waals surface area contributed by atoms with Crippen LogP contribution in [0, 0.1) is 18.6 Å². The Bertz CT molecular complexity index is 1290. The van der Waals surface area contributed by atoms with Crippen molar-refractivity contribution in [3.8, 4) is 0 Å². The van der Waals surface area contributed by atoms with Gasteiger partial charge in [0.05, 0.1) is 18.0 Å². The lowest BCUT2D eigenvalue weighted by molar-refractivity contribution is 0.578. The number of benzene rings is 2. The largest absolute Gasteiger partial charge is 0.325 e. The molecule has 0 saturated carbocycles. The van der Waals surface area contributed by atoms with E-state index in [1.165, 1.54) is 21.0 Å². The fourth-order valence-electron chi connectivity index (χ4n) is 3.42. The zero-order valence-electron chi connectivity index (χ0n) is 16.7. The third-order valence-electron chi connectivity index (χ3n) is 5.07. The molecule has 0 atom stereocenters. The molecule has 1 N–H and O–H groups in total. The summed E-state index contributed by atoms with van der Waals surface area (Å²) < 4.78 is 54.4. The van der Waals surface area contributed by atoms with E-state index in [9.17, 15) is 22.0 Å². The van der Waals surface area contributed by atoms with Gasteiger partial charge in [0.15, 0.2) is 0 Å². The lowest BCUT2D eigenvalue weighted by Gasteiger charge is -2.20. The Kier molecular flexibility index (Phi) is 5.48. The van der Waals surface area contributed by atoms with E-state index in [1.807, 2.05) is 6.92 Å². The average molecular weight is 446 g/mol. The van der Waals surface area contributed by atoms with Crippen molar-refractivity contribution in [1.82, 2.24) is 9.55 Å². The van der Waals surface area contributed by atoms with Crippen molar-refractivity contribution in [3.63, 3.8) is 0 Å². The maximum atomic E-state index is 13.9. The molecular weight excluding hydrogens is 426 g/mol. The number of nitrogens with one attached hydrogen (secondary N) is 1. The number of aryl methyl sites for hydroxylation is 1. The topological polar surface area (TPSA) is 84.3 Å². The zero-order chi connectivity index (χ0) is 22.2. The van der Waals surface area contributed by atoms with E-state index in [1.54, 1.807) is 30.3 Å². The molecule has 1 aliphatic heterocycles. The molecule has 31 heavy (non-hydrogen) atoms. The fourth-order valence-corrected chi connectivity index (χ4v) is 4.98. The van der Waals surface area contributed by atoms with Gasteiger partial charge in [-0.05, 0) is 48.7 Å². The van der Waals surface area contributed by atoms with Gasteiger partial charge in [0.25, 0.3) is 0 Å². The van der Waals surface area contributed by atoms with Crippen LogP contribution in [-0.2, 0) is 16.6 Å². The van der Waals surface area contributed by atoms with Crippen LogP contribution >= 0.6 is 0 Å². The van der Waals surface area contributed by atoms with E-state index in [2.05, 4.69) is 10.3 Å². The van der Waals surface area contributed by atoms with Gasteiger partial charge >= 0.3 is 5.56 Å². The highest BCUT2D eigenvalue weighted by atomic mass is 32.2. The van der Waals surface area contributed by atoms with Crippen molar-refractivity contribution in [2.24, 2.45) is 0 Å². The van der Waals surface area contributed by atoms with Crippen molar-refractivity contribution < 1.29 is 17.2 Å². The summed E-state index contributed by atoms with van der Waals surface area (Å²) in [5.74, 6) is -1.22. The number of hydrogen-bond donors (Lipinski definition) is 1. The summed E-state index contributed by atoms with van der Waals surface area (Å²) in [5.41, 5.74) is 1.48. The summed E-state index contributed by atoms with van der Waals surface area (Å²) in [5, 5.41) is 3.02. The molecule has 0 amide bonds. The first-order valence-corrected chi connectivity index (χ1v) is 11.2. The van der Waals surface area contributed by atoms with Gasteiger partial charge in [-0.3, -0.25) is 9.10 Å². The van der Waals surface area contributed by atoms with Crippen molar-refractivity contribution in [1.29, 1.82) is 0 Å². The van der Waals surface area contributed by atoms with E-state index in [-0.39, 0.29) is 18.2 Å². The normalized spacial score (nSPS) is 15.3. The number of nitrogens with zero attached hydrogens (tertiary/aromatic N) is 3. The van der Waals surface area contributed by atoms with Crippen LogP contribution in [0.25, 0.3) is 0 Å². The summed E-state index contributed by atoms with van der Waals surface area (Å²) in [6, 6.07) is 10.8. The molecule has 3 aromatic rings. The summed E-state index contributed by atoms with van der Waals surface area (Å²) in [6.07, 6.45) is 1.58. The predicted octanol–water partition coefficient (Wildman–Crippen LogP) is 3.16. The predicted molar refractivity (Wildman–Crippen MR) is 114 cm³/mol. The van der Waals surface area contributed by atoms with Crippen molar-refractivity contribution >= 4 is 27.3 Å². The number of sulfonamides is 1. The van der Waals surface area contributed by atoms with Gasteiger partial charge in [0.1, 0.15) is 5.82 Å². The highest BCUT2D eigenvalue weighted by Crippen LogP contribution is 2.30. The maximum absolute atomic E-state index is 13.9. The number of halogens is 2. The molecule has 1 saturated heterocycles. The van der Waals surface area contributed by atoms with Crippen LogP contribution in [-0.4, -0.2) is 30.3 Å². The number of aromatic nitrogens is 2. The molecule has 0 radical (unpaired) electrons. The van der Waals surface area contributed by atoms with Crippen LogP contribution in [0.3, 0.4) is 0 Å². The van der Waals surface area contributed by atoms with Crippen LogP contribution in [0.1, 0.15) is 17.5 Å². The third kappa shape index (κ3) is 4.43. The minimum absolute atomic E-state index is 0.0836. The minimum Gasteiger partial charge on any atom is -0.325 e. The molecule has 2 aromatic carbocycles. The lowest BCUT2D eigenvalue weighted by Crippen LogP contribution is -2.25. The summed E-state index contributed by atoms with van der Waals surface area (Å²) in [7, 11) is -3.35. The highest BCUT2D eigenvalue weighted by molar-refractivity contribution is 7.93. The second kappa shape index (κ2) is 8.10. The molecule has 162 valence electrons. The van der Waals surface area contributed by atoms with Crippen molar-refractivity contribution in [2.45, 2.75) is 19.9 Å². The van der Waals surface area contributed by atoms with Crippen LogP contribution < -0.4 is 15.2 Å². The first kappa shape index (κ1) is 21.0. The minimum atomic E-state index is -3.35. The van der Waals surface area contributed by atoms with Gasteiger partial charge in [-0.15, -0.1) is 0 Å². The number of rotatable bonds is 5. The molecule has 10 heteroatoms. The molecule has 0 bridgehead atoms. The van der Waals surface area contributed by atoms with E-state index in [4.69, 9.17) is 0 Å². The molecule has 0 unspecified atom stereocenters. The lowest BCUT2D eigenvalue weighted by atomic mass is 10.1. The summed E-state index contributed by atoms with van der Waals surface area (Å²) in [4.78, 5) is 15.6. The third-order valence-corrected chi connectivity index (χ3v) is 6.94. The van der Waals surface area contributed by atoms with Gasteiger partial charge in [-0.1, -0.05) is 18.2 Å². The molecule has 1 aliphatic rings. The van der Waals surface area contributed by atoms with Crippen molar-refractivity contribution in [2.75, 3.05) is 21.9 Å². The van der Waals surface area contributed by atoms with Gasteiger partial charge in [-0.25, -0.2) is 12.8 Å². The molecule has 2 heterocycles. The van der Waals surface area contributed by atoms with Crippen LogP contribution in [0.5, 0.6) is 0 Å². The standard InChI is InChI=1S/C21H20F2N4O3S/c1-14-3-8-17(27-9-2-10-31(27,29)30)11-19(14)24-21-25-20(28)18(23)13-26(21)12-15-4-6-16(22)7-5-15/h3-8,11,13H,2,9-10,12H2,1H3,(H,24,25,28). The molecule has 1 fully saturated rings. The van der Waals surface area contributed by atoms with Crippen LogP contribution in [0.2, 0.25) is 0 Å². The van der Waals surface area contributed by atoms with E-state index in [0.717, 1.165) is 11.8 Å². The molecule has 4 rings (SSSR count). The van der Waals surface area contributed by atoms with Crippen LogP contribution in [0.15, 0.2) is 53.5 Å². The Morgan fingerprint density at radius 3 is 2.55 bits per heavy atom. The second-order valence-electron chi connectivity index (χ2n) is 7.34. The average Bonchev–Trinajstić information content (AvgIpc) is 3.08. The first-order valence-electron chi connectivity index (χ1n) is 9.62. The highest BCUT2D eigenvalue weighted by Gasteiger charge is 2.28. The van der Waals surface area contributed by atoms with Crippen molar-refractivity contribution in [3.05, 3.63) is 81.8 Å². The second-order valence-corrected chi connectivity index (χ2v) is 9.35. The monoisotopic (exact) mass is 446 g/mol. The first-order chi connectivity index (χ1) is 14.7. The molecule has 1 aromatic heterocycles. The molecule has 7 nitrogen and oxygen atoms in total. The zero-order valence-corrected chi connectivity index (χ0v) is 17.5. The Balaban J connectivity index is 1.70. The summed E-state index contributed by atoms with van der Waals surface area (Å²) in [6.45, 7) is 2.36. The van der Waals surface area contributed by atoms with E-state index in [0.29, 0.717) is 29.9 Å². The Morgan fingerprint density at radius 1 is 1.13 bits per heavy atom. The summed E-state index contributed by atoms with van der Waals surface area (Å²) >= 11 is 0. The Morgan fingerprint density at radius 2 is 1.87 bits per heavy atom.